The summed E-state index contributed by atoms with van der Waals surface area (Å²) >= 11 is 0.979. The van der Waals surface area contributed by atoms with Gasteiger partial charge in [-0.1, -0.05) is 19.3 Å². The standard InChI is InChI=1S/C20H25NO5S/c1-24-15-11-17(26-3)16(25-2)9-14(15)10-18-19(22)21(20(23)27-18)12-13-7-5-4-6-8-13/h9-11,13H,4-8,12H2,1-3H3/b18-10+. The lowest BCUT2D eigenvalue weighted by Gasteiger charge is -2.25. The van der Waals surface area contributed by atoms with E-state index in [1.807, 2.05) is 0 Å². The highest BCUT2D eigenvalue weighted by atomic mass is 32.2. The van der Waals surface area contributed by atoms with Crippen LogP contribution in [0.5, 0.6) is 17.2 Å². The van der Waals surface area contributed by atoms with Crippen molar-refractivity contribution in [3.05, 3.63) is 22.6 Å². The van der Waals surface area contributed by atoms with E-state index in [2.05, 4.69) is 0 Å². The highest BCUT2D eigenvalue weighted by Gasteiger charge is 2.36. The molecule has 0 N–H and O–H groups in total. The Balaban J connectivity index is 1.84. The molecule has 1 aromatic rings. The molecule has 3 rings (SSSR count). The summed E-state index contributed by atoms with van der Waals surface area (Å²) in [6.07, 6.45) is 7.47. The Labute approximate surface area is 163 Å². The van der Waals surface area contributed by atoms with E-state index in [1.54, 1.807) is 39.5 Å². The molecule has 0 aromatic heterocycles. The summed E-state index contributed by atoms with van der Waals surface area (Å²) in [6, 6.07) is 3.45. The smallest absolute Gasteiger partial charge is 0.293 e. The number of carbonyl (C=O) groups excluding carboxylic acids is 2. The average molecular weight is 391 g/mol. The fourth-order valence-corrected chi connectivity index (χ4v) is 4.43. The molecule has 0 atom stereocenters. The summed E-state index contributed by atoms with van der Waals surface area (Å²) < 4.78 is 16.0. The highest BCUT2D eigenvalue weighted by Crippen LogP contribution is 2.39. The zero-order valence-electron chi connectivity index (χ0n) is 15.9. The molecule has 1 aliphatic heterocycles. The first-order chi connectivity index (χ1) is 13.1. The van der Waals surface area contributed by atoms with Gasteiger partial charge in [-0.2, -0.15) is 0 Å². The second-order valence-corrected chi connectivity index (χ2v) is 7.74. The maximum absolute atomic E-state index is 12.8. The molecule has 1 aromatic carbocycles. The van der Waals surface area contributed by atoms with Crippen LogP contribution in [-0.2, 0) is 4.79 Å². The van der Waals surface area contributed by atoms with E-state index in [9.17, 15) is 9.59 Å². The van der Waals surface area contributed by atoms with E-state index >= 15 is 0 Å². The first kappa shape index (κ1) is 19.6. The van der Waals surface area contributed by atoms with Crippen molar-refractivity contribution >= 4 is 29.0 Å². The molecular weight excluding hydrogens is 366 g/mol. The Bertz CT molecular complexity index is 755. The number of amides is 2. The van der Waals surface area contributed by atoms with Crippen molar-refractivity contribution < 1.29 is 23.8 Å². The third-order valence-electron chi connectivity index (χ3n) is 5.06. The molecule has 27 heavy (non-hydrogen) atoms. The average Bonchev–Trinajstić information content (AvgIpc) is 2.95. The lowest BCUT2D eigenvalue weighted by molar-refractivity contribution is -0.123. The molecular formula is C20H25NO5S. The van der Waals surface area contributed by atoms with Crippen molar-refractivity contribution in [3.8, 4) is 17.2 Å². The highest BCUT2D eigenvalue weighted by molar-refractivity contribution is 8.18. The van der Waals surface area contributed by atoms with Gasteiger partial charge in [-0.25, -0.2) is 0 Å². The number of hydrogen-bond acceptors (Lipinski definition) is 6. The van der Waals surface area contributed by atoms with Gasteiger partial charge in [0.25, 0.3) is 11.1 Å². The number of thioether (sulfide) groups is 1. The molecule has 6 nitrogen and oxygen atoms in total. The van der Waals surface area contributed by atoms with Crippen molar-refractivity contribution in [2.75, 3.05) is 27.9 Å². The predicted octanol–water partition coefficient (Wildman–Crippen LogP) is 4.33. The van der Waals surface area contributed by atoms with Crippen LogP contribution < -0.4 is 14.2 Å². The normalized spacial score (nSPS) is 19.7. The molecule has 1 saturated carbocycles. The molecule has 0 unspecified atom stereocenters. The number of hydrogen-bond donors (Lipinski definition) is 0. The summed E-state index contributed by atoms with van der Waals surface area (Å²) in [4.78, 5) is 27.0. The SMILES string of the molecule is COc1cc(OC)c(OC)cc1/C=C1/SC(=O)N(CC2CCCCC2)C1=O. The van der Waals surface area contributed by atoms with Crippen LogP contribution in [0.15, 0.2) is 17.0 Å². The quantitative estimate of drug-likeness (QED) is 0.673. The van der Waals surface area contributed by atoms with Gasteiger partial charge in [0.2, 0.25) is 0 Å². The van der Waals surface area contributed by atoms with Crippen molar-refractivity contribution in [2.45, 2.75) is 32.1 Å². The first-order valence-corrected chi connectivity index (χ1v) is 9.94. The van der Waals surface area contributed by atoms with Crippen LogP contribution in [0.25, 0.3) is 6.08 Å². The molecule has 2 fully saturated rings. The van der Waals surface area contributed by atoms with Gasteiger partial charge in [0.15, 0.2) is 11.5 Å². The third kappa shape index (κ3) is 4.24. The summed E-state index contributed by atoms with van der Waals surface area (Å²) in [7, 11) is 4.65. The van der Waals surface area contributed by atoms with Crippen LogP contribution >= 0.6 is 11.8 Å². The summed E-state index contributed by atoms with van der Waals surface area (Å²) in [5, 5.41) is -0.198. The Hall–Kier alpha value is -2.15. The number of benzene rings is 1. The number of rotatable bonds is 6. The van der Waals surface area contributed by atoms with E-state index in [4.69, 9.17) is 14.2 Å². The van der Waals surface area contributed by atoms with Crippen LogP contribution in [-0.4, -0.2) is 43.9 Å². The molecule has 0 radical (unpaired) electrons. The van der Waals surface area contributed by atoms with Crippen LogP contribution in [0.1, 0.15) is 37.7 Å². The van der Waals surface area contributed by atoms with Gasteiger partial charge in [0.1, 0.15) is 5.75 Å². The Morgan fingerprint density at radius 3 is 2.26 bits per heavy atom. The van der Waals surface area contributed by atoms with Crippen molar-refractivity contribution in [2.24, 2.45) is 5.92 Å². The van der Waals surface area contributed by atoms with E-state index in [-0.39, 0.29) is 11.1 Å². The predicted molar refractivity (Wildman–Crippen MR) is 105 cm³/mol. The first-order valence-electron chi connectivity index (χ1n) is 9.12. The minimum absolute atomic E-state index is 0.198. The second-order valence-electron chi connectivity index (χ2n) is 6.75. The molecule has 0 bridgehead atoms. The zero-order valence-corrected chi connectivity index (χ0v) is 16.8. The van der Waals surface area contributed by atoms with Crippen LogP contribution in [0.3, 0.4) is 0 Å². The van der Waals surface area contributed by atoms with Crippen molar-refractivity contribution in [1.29, 1.82) is 0 Å². The lowest BCUT2D eigenvalue weighted by Crippen LogP contribution is -2.34. The number of methoxy groups -OCH3 is 3. The number of nitrogens with zero attached hydrogens (tertiary/aromatic N) is 1. The number of ether oxygens (including phenoxy) is 3. The molecule has 7 heteroatoms. The molecule has 1 saturated heterocycles. The fraction of sp³-hybridized carbons (Fsp3) is 0.500. The van der Waals surface area contributed by atoms with Crippen LogP contribution in [0, 0.1) is 5.92 Å². The summed E-state index contributed by atoms with van der Waals surface area (Å²) in [5.74, 6) is 1.81. The zero-order chi connectivity index (χ0) is 19.4. The van der Waals surface area contributed by atoms with Crippen molar-refractivity contribution in [1.82, 2.24) is 4.90 Å². The van der Waals surface area contributed by atoms with Crippen LogP contribution in [0.4, 0.5) is 4.79 Å². The number of imide groups is 1. The second kappa shape index (κ2) is 8.69. The van der Waals surface area contributed by atoms with Gasteiger partial charge in [-0.15, -0.1) is 0 Å². The van der Waals surface area contributed by atoms with Gasteiger partial charge in [-0.05, 0) is 42.7 Å². The Morgan fingerprint density at radius 1 is 1.00 bits per heavy atom. The maximum Gasteiger partial charge on any atom is 0.293 e. The van der Waals surface area contributed by atoms with Gasteiger partial charge >= 0.3 is 0 Å². The van der Waals surface area contributed by atoms with Gasteiger partial charge in [0.05, 0.1) is 26.2 Å². The maximum atomic E-state index is 12.8. The summed E-state index contributed by atoms with van der Waals surface area (Å²) in [6.45, 7) is 0.519. The Kier molecular flexibility index (Phi) is 6.31. The fourth-order valence-electron chi connectivity index (χ4n) is 3.59. The minimum atomic E-state index is -0.229. The van der Waals surface area contributed by atoms with Gasteiger partial charge in [-0.3, -0.25) is 14.5 Å². The van der Waals surface area contributed by atoms with Gasteiger partial charge in [0, 0.05) is 18.2 Å². The van der Waals surface area contributed by atoms with E-state index in [1.165, 1.54) is 24.2 Å². The van der Waals surface area contributed by atoms with E-state index in [0.717, 1.165) is 24.6 Å². The third-order valence-corrected chi connectivity index (χ3v) is 5.97. The lowest BCUT2D eigenvalue weighted by atomic mass is 9.89. The topological polar surface area (TPSA) is 65.1 Å². The number of carbonyl (C=O) groups is 2. The molecule has 1 heterocycles. The molecule has 0 spiro atoms. The largest absolute Gasteiger partial charge is 0.496 e. The molecule has 2 amide bonds. The van der Waals surface area contributed by atoms with E-state index in [0.29, 0.717) is 40.2 Å². The monoisotopic (exact) mass is 391 g/mol. The van der Waals surface area contributed by atoms with Gasteiger partial charge < -0.3 is 14.2 Å². The molecule has 1 aliphatic carbocycles. The molecule has 2 aliphatic rings. The minimum Gasteiger partial charge on any atom is -0.496 e. The van der Waals surface area contributed by atoms with Crippen LogP contribution in [0.2, 0.25) is 0 Å². The molecule has 146 valence electrons. The van der Waals surface area contributed by atoms with Crippen molar-refractivity contribution in [3.63, 3.8) is 0 Å². The Morgan fingerprint density at radius 2 is 1.63 bits per heavy atom. The van der Waals surface area contributed by atoms with E-state index < -0.39 is 0 Å². The summed E-state index contributed by atoms with van der Waals surface area (Å²) in [5.41, 5.74) is 0.665.